The minimum atomic E-state index is -4.49. The van der Waals surface area contributed by atoms with Gasteiger partial charge in [0.15, 0.2) is 0 Å². The maximum Gasteiger partial charge on any atom is 0.418 e. The fraction of sp³-hybridized carbons (Fsp3) is 0.533. The first-order valence-electron chi connectivity index (χ1n) is 7.09. The number of benzene rings is 1. The number of carbonyl (C=O) groups is 1. The molecule has 0 radical (unpaired) electrons. The lowest BCUT2D eigenvalue weighted by Crippen LogP contribution is -2.28. The van der Waals surface area contributed by atoms with Gasteiger partial charge in [0.25, 0.3) is 5.91 Å². The second-order valence-electron chi connectivity index (χ2n) is 5.37. The van der Waals surface area contributed by atoms with Gasteiger partial charge in [-0.15, -0.1) is 0 Å². The largest absolute Gasteiger partial charge is 0.418 e. The lowest BCUT2D eigenvalue weighted by Gasteiger charge is -2.15. The van der Waals surface area contributed by atoms with Crippen molar-refractivity contribution in [2.24, 2.45) is 5.92 Å². The van der Waals surface area contributed by atoms with Crippen LogP contribution in [0.4, 0.5) is 18.9 Å². The number of hydrogen-bond donors (Lipinski definition) is 2. The monoisotopic (exact) mass is 300 g/mol. The van der Waals surface area contributed by atoms with Crippen LogP contribution in [0.5, 0.6) is 0 Å². The van der Waals surface area contributed by atoms with Crippen LogP contribution in [0.2, 0.25) is 0 Å². The first-order valence-corrected chi connectivity index (χ1v) is 7.09. The lowest BCUT2D eigenvalue weighted by atomic mass is 10.1. The standard InChI is InChI=1S/C15H19F3N2O/c1-19-13-7-6-11(8-12(13)15(16,17)18)14(21)20-9-10-4-2-3-5-10/h6-8,10,19H,2-5,9H2,1H3,(H,20,21). The molecule has 0 spiro atoms. The first-order chi connectivity index (χ1) is 9.91. The topological polar surface area (TPSA) is 41.1 Å². The summed E-state index contributed by atoms with van der Waals surface area (Å²) >= 11 is 0. The Balaban J connectivity index is 2.10. The quantitative estimate of drug-likeness (QED) is 0.891. The highest BCUT2D eigenvalue weighted by Crippen LogP contribution is 2.35. The summed E-state index contributed by atoms with van der Waals surface area (Å²) in [6.07, 6.45) is -0.00904. The Morgan fingerprint density at radius 3 is 2.52 bits per heavy atom. The average Bonchev–Trinajstić information content (AvgIpc) is 2.96. The van der Waals surface area contributed by atoms with Crippen molar-refractivity contribution >= 4 is 11.6 Å². The minimum Gasteiger partial charge on any atom is -0.388 e. The van der Waals surface area contributed by atoms with Crippen LogP contribution in [-0.2, 0) is 6.18 Å². The number of halogens is 3. The van der Waals surface area contributed by atoms with Crippen molar-refractivity contribution in [3.8, 4) is 0 Å². The Kier molecular flexibility index (Phi) is 4.75. The fourth-order valence-corrected chi connectivity index (χ4v) is 2.69. The molecule has 0 saturated heterocycles. The molecule has 1 aliphatic rings. The molecule has 1 saturated carbocycles. The van der Waals surface area contributed by atoms with Gasteiger partial charge in [0, 0.05) is 24.8 Å². The molecule has 0 unspecified atom stereocenters. The van der Waals surface area contributed by atoms with Crippen molar-refractivity contribution in [3.05, 3.63) is 29.3 Å². The van der Waals surface area contributed by atoms with Crippen molar-refractivity contribution in [2.45, 2.75) is 31.9 Å². The molecule has 1 aromatic carbocycles. The molecule has 2 N–H and O–H groups in total. The zero-order valence-electron chi connectivity index (χ0n) is 11.9. The molecule has 1 amide bonds. The van der Waals surface area contributed by atoms with Gasteiger partial charge >= 0.3 is 6.18 Å². The average molecular weight is 300 g/mol. The van der Waals surface area contributed by atoms with Crippen molar-refractivity contribution in [2.75, 3.05) is 18.9 Å². The molecule has 0 heterocycles. The van der Waals surface area contributed by atoms with E-state index in [-0.39, 0.29) is 11.3 Å². The van der Waals surface area contributed by atoms with E-state index in [0.717, 1.165) is 31.7 Å². The van der Waals surface area contributed by atoms with Crippen LogP contribution in [-0.4, -0.2) is 19.5 Å². The van der Waals surface area contributed by atoms with Crippen molar-refractivity contribution in [3.63, 3.8) is 0 Å². The number of hydrogen-bond acceptors (Lipinski definition) is 2. The van der Waals surface area contributed by atoms with E-state index in [4.69, 9.17) is 0 Å². The number of nitrogens with one attached hydrogen (secondary N) is 2. The molecular weight excluding hydrogens is 281 g/mol. The SMILES string of the molecule is CNc1ccc(C(=O)NCC2CCCC2)cc1C(F)(F)F. The zero-order valence-corrected chi connectivity index (χ0v) is 11.9. The summed E-state index contributed by atoms with van der Waals surface area (Å²) in [4.78, 5) is 12.0. The summed E-state index contributed by atoms with van der Waals surface area (Å²) in [5.74, 6) is 0.00247. The zero-order chi connectivity index (χ0) is 15.5. The third-order valence-electron chi connectivity index (χ3n) is 3.88. The summed E-state index contributed by atoms with van der Waals surface area (Å²) in [6.45, 7) is 0.536. The molecule has 0 aromatic heterocycles. The van der Waals surface area contributed by atoms with Gasteiger partial charge in [-0.05, 0) is 37.0 Å². The third kappa shape index (κ3) is 3.89. The van der Waals surface area contributed by atoms with E-state index in [9.17, 15) is 18.0 Å². The van der Waals surface area contributed by atoms with Crippen LogP contribution < -0.4 is 10.6 Å². The smallest absolute Gasteiger partial charge is 0.388 e. The fourth-order valence-electron chi connectivity index (χ4n) is 2.69. The van der Waals surface area contributed by atoms with Gasteiger partial charge < -0.3 is 10.6 Å². The molecule has 2 rings (SSSR count). The van der Waals surface area contributed by atoms with E-state index in [1.54, 1.807) is 0 Å². The second kappa shape index (κ2) is 6.37. The van der Waals surface area contributed by atoms with Gasteiger partial charge in [-0.2, -0.15) is 13.2 Å². The molecule has 0 aliphatic heterocycles. The van der Waals surface area contributed by atoms with Crippen LogP contribution in [0, 0.1) is 5.92 Å². The molecular formula is C15H19F3N2O. The van der Waals surface area contributed by atoms with Gasteiger partial charge in [-0.3, -0.25) is 4.79 Å². The predicted octanol–water partition coefficient (Wildman–Crippen LogP) is 3.67. The summed E-state index contributed by atoms with van der Waals surface area (Å²) in [6, 6.07) is 3.59. The molecule has 21 heavy (non-hydrogen) atoms. The van der Waals surface area contributed by atoms with Gasteiger partial charge in [0.05, 0.1) is 5.56 Å². The van der Waals surface area contributed by atoms with E-state index < -0.39 is 17.6 Å². The van der Waals surface area contributed by atoms with E-state index in [1.807, 2.05) is 0 Å². The van der Waals surface area contributed by atoms with Crippen molar-refractivity contribution in [1.82, 2.24) is 5.32 Å². The van der Waals surface area contributed by atoms with Gasteiger partial charge in [0.1, 0.15) is 0 Å². The summed E-state index contributed by atoms with van der Waals surface area (Å²) in [7, 11) is 1.42. The normalized spacial score (nSPS) is 16.0. The van der Waals surface area contributed by atoms with Crippen LogP contribution >= 0.6 is 0 Å². The second-order valence-corrected chi connectivity index (χ2v) is 5.37. The maximum atomic E-state index is 12.9. The number of anilines is 1. The molecule has 1 aliphatic carbocycles. The van der Waals surface area contributed by atoms with Crippen LogP contribution in [0.3, 0.4) is 0 Å². The highest BCUT2D eigenvalue weighted by atomic mass is 19.4. The number of rotatable bonds is 4. The van der Waals surface area contributed by atoms with Crippen molar-refractivity contribution in [1.29, 1.82) is 0 Å². The molecule has 116 valence electrons. The lowest BCUT2D eigenvalue weighted by molar-refractivity contribution is -0.136. The Morgan fingerprint density at radius 2 is 1.95 bits per heavy atom. The predicted molar refractivity (Wildman–Crippen MR) is 75.3 cm³/mol. The van der Waals surface area contributed by atoms with E-state index in [2.05, 4.69) is 10.6 Å². The van der Waals surface area contributed by atoms with E-state index in [1.165, 1.54) is 19.2 Å². The number of carbonyl (C=O) groups excluding carboxylic acids is 1. The summed E-state index contributed by atoms with van der Waals surface area (Å²) < 4.78 is 38.8. The first kappa shape index (κ1) is 15.7. The Morgan fingerprint density at radius 1 is 1.29 bits per heavy atom. The highest BCUT2D eigenvalue weighted by Gasteiger charge is 2.34. The Hall–Kier alpha value is -1.72. The molecule has 1 aromatic rings. The highest BCUT2D eigenvalue weighted by molar-refractivity contribution is 5.95. The van der Waals surface area contributed by atoms with Gasteiger partial charge in [0.2, 0.25) is 0 Å². The summed E-state index contributed by atoms with van der Waals surface area (Å²) in [5, 5.41) is 5.22. The van der Waals surface area contributed by atoms with E-state index in [0.29, 0.717) is 12.5 Å². The maximum absolute atomic E-state index is 12.9. The number of amides is 1. The number of alkyl halides is 3. The van der Waals surface area contributed by atoms with Crippen LogP contribution in [0.1, 0.15) is 41.6 Å². The van der Waals surface area contributed by atoms with E-state index >= 15 is 0 Å². The van der Waals surface area contributed by atoms with Gasteiger partial charge in [-0.25, -0.2) is 0 Å². The minimum absolute atomic E-state index is 0.0326. The molecule has 0 bridgehead atoms. The van der Waals surface area contributed by atoms with Gasteiger partial charge in [-0.1, -0.05) is 12.8 Å². The molecule has 6 heteroatoms. The Labute approximate surface area is 121 Å². The molecule has 3 nitrogen and oxygen atoms in total. The molecule has 1 fully saturated rings. The Bertz CT molecular complexity index is 508. The van der Waals surface area contributed by atoms with Crippen LogP contribution in [0.25, 0.3) is 0 Å². The third-order valence-corrected chi connectivity index (χ3v) is 3.88. The van der Waals surface area contributed by atoms with Crippen LogP contribution in [0.15, 0.2) is 18.2 Å². The van der Waals surface area contributed by atoms with Crippen molar-refractivity contribution < 1.29 is 18.0 Å². The summed E-state index contributed by atoms with van der Waals surface area (Å²) in [5.41, 5.74) is -0.812. The molecule has 0 atom stereocenters.